The van der Waals surface area contributed by atoms with Crippen LogP contribution in [0.3, 0.4) is 0 Å². The molecule has 2 rings (SSSR count). The molecule has 100 valence electrons. The SMILES string of the molecule is Cc1ccc(Oc2cc(C(C)C)ccc2Cl)cc1C. The van der Waals surface area contributed by atoms with Crippen LogP contribution in [-0.4, -0.2) is 0 Å². The molecule has 0 amide bonds. The predicted molar refractivity (Wildman–Crippen MR) is 81.5 cm³/mol. The van der Waals surface area contributed by atoms with Gasteiger partial charge in [-0.05, 0) is 60.7 Å². The Labute approximate surface area is 120 Å². The van der Waals surface area contributed by atoms with Crippen molar-refractivity contribution in [3.63, 3.8) is 0 Å². The lowest BCUT2D eigenvalue weighted by atomic mass is 10.0. The highest BCUT2D eigenvalue weighted by Crippen LogP contribution is 2.32. The van der Waals surface area contributed by atoms with Crippen LogP contribution in [0.25, 0.3) is 0 Å². The molecule has 0 aliphatic heterocycles. The lowest BCUT2D eigenvalue weighted by molar-refractivity contribution is 0.481. The summed E-state index contributed by atoms with van der Waals surface area (Å²) >= 11 is 6.20. The van der Waals surface area contributed by atoms with Gasteiger partial charge in [0.05, 0.1) is 5.02 Å². The summed E-state index contributed by atoms with van der Waals surface area (Å²) in [4.78, 5) is 0. The van der Waals surface area contributed by atoms with E-state index in [0.717, 1.165) is 11.5 Å². The van der Waals surface area contributed by atoms with Crippen molar-refractivity contribution in [2.45, 2.75) is 33.6 Å². The molecule has 2 heteroatoms. The monoisotopic (exact) mass is 274 g/mol. The Balaban J connectivity index is 2.31. The van der Waals surface area contributed by atoms with E-state index in [-0.39, 0.29) is 0 Å². The van der Waals surface area contributed by atoms with Gasteiger partial charge in [0.25, 0.3) is 0 Å². The molecule has 0 aliphatic carbocycles. The van der Waals surface area contributed by atoms with E-state index in [1.165, 1.54) is 16.7 Å². The first kappa shape index (κ1) is 14.0. The summed E-state index contributed by atoms with van der Waals surface area (Å²) in [5.41, 5.74) is 3.70. The number of hydrogen-bond acceptors (Lipinski definition) is 1. The highest BCUT2D eigenvalue weighted by Gasteiger charge is 2.07. The highest BCUT2D eigenvalue weighted by molar-refractivity contribution is 6.32. The second kappa shape index (κ2) is 5.66. The van der Waals surface area contributed by atoms with Crippen molar-refractivity contribution in [2.75, 3.05) is 0 Å². The topological polar surface area (TPSA) is 9.23 Å². The number of hydrogen-bond donors (Lipinski definition) is 0. The molecule has 0 unspecified atom stereocenters. The molecular weight excluding hydrogens is 256 g/mol. The van der Waals surface area contributed by atoms with Crippen molar-refractivity contribution in [3.8, 4) is 11.5 Å². The van der Waals surface area contributed by atoms with E-state index in [4.69, 9.17) is 16.3 Å². The zero-order valence-electron chi connectivity index (χ0n) is 11.8. The van der Waals surface area contributed by atoms with Crippen LogP contribution in [0.5, 0.6) is 11.5 Å². The molecule has 1 nitrogen and oxygen atoms in total. The molecule has 0 radical (unpaired) electrons. The third kappa shape index (κ3) is 3.30. The number of benzene rings is 2. The average molecular weight is 275 g/mol. The van der Waals surface area contributed by atoms with Gasteiger partial charge >= 0.3 is 0 Å². The third-order valence-corrected chi connectivity index (χ3v) is 3.64. The van der Waals surface area contributed by atoms with Gasteiger partial charge in [-0.25, -0.2) is 0 Å². The molecule has 0 fully saturated rings. The van der Waals surface area contributed by atoms with Gasteiger partial charge in [-0.1, -0.05) is 37.6 Å². The van der Waals surface area contributed by atoms with Gasteiger partial charge in [0.15, 0.2) is 0 Å². The number of aryl methyl sites for hydroxylation is 2. The van der Waals surface area contributed by atoms with Crippen LogP contribution in [0.1, 0.15) is 36.5 Å². The third-order valence-electron chi connectivity index (χ3n) is 3.33. The quantitative estimate of drug-likeness (QED) is 0.680. The van der Waals surface area contributed by atoms with E-state index >= 15 is 0 Å². The molecule has 0 saturated heterocycles. The minimum Gasteiger partial charge on any atom is -0.456 e. The van der Waals surface area contributed by atoms with Crippen LogP contribution in [0.15, 0.2) is 36.4 Å². The Kier molecular flexibility index (Phi) is 4.16. The number of rotatable bonds is 3. The summed E-state index contributed by atoms with van der Waals surface area (Å²) in [5, 5.41) is 0.641. The molecule has 2 aromatic rings. The van der Waals surface area contributed by atoms with Gasteiger partial charge in [-0.15, -0.1) is 0 Å². The van der Waals surface area contributed by atoms with E-state index in [0.29, 0.717) is 10.9 Å². The number of halogens is 1. The average Bonchev–Trinajstić information content (AvgIpc) is 2.36. The molecule has 0 aromatic heterocycles. The van der Waals surface area contributed by atoms with Crippen molar-refractivity contribution in [3.05, 3.63) is 58.1 Å². The Morgan fingerprint density at radius 2 is 1.68 bits per heavy atom. The van der Waals surface area contributed by atoms with Crippen LogP contribution in [0, 0.1) is 13.8 Å². The summed E-state index contributed by atoms with van der Waals surface area (Å²) in [6.07, 6.45) is 0. The maximum Gasteiger partial charge on any atom is 0.146 e. The molecule has 2 aromatic carbocycles. The van der Waals surface area contributed by atoms with Crippen LogP contribution in [-0.2, 0) is 0 Å². The first-order valence-corrected chi connectivity index (χ1v) is 6.89. The fourth-order valence-electron chi connectivity index (χ4n) is 1.86. The van der Waals surface area contributed by atoms with Crippen LogP contribution in [0.2, 0.25) is 5.02 Å². The van der Waals surface area contributed by atoms with Crippen molar-refractivity contribution < 1.29 is 4.74 Å². The summed E-state index contributed by atoms with van der Waals surface area (Å²) in [5.74, 6) is 2.00. The summed E-state index contributed by atoms with van der Waals surface area (Å²) in [7, 11) is 0. The minimum atomic E-state index is 0.458. The van der Waals surface area contributed by atoms with Gasteiger partial charge in [0.1, 0.15) is 11.5 Å². The van der Waals surface area contributed by atoms with Crippen molar-refractivity contribution in [1.82, 2.24) is 0 Å². The van der Waals surface area contributed by atoms with Gasteiger partial charge in [0, 0.05) is 0 Å². The Morgan fingerprint density at radius 1 is 0.947 bits per heavy atom. The lowest BCUT2D eigenvalue weighted by Gasteiger charge is -2.12. The second-order valence-corrected chi connectivity index (χ2v) is 5.60. The molecule has 0 atom stereocenters. The Hall–Kier alpha value is -1.47. The van der Waals surface area contributed by atoms with Gasteiger partial charge in [0.2, 0.25) is 0 Å². The largest absolute Gasteiger partial charge is 0.456 e. The van der Waals surface area contributed by atoms with E-state index in [1.807, 2.05) is 30.3 Å². The van der Waals surface area contributed by atoms with E-state index in [1.54, 1.807) is 0 Å². The van der Waals surface area contributed by atoms with Crippen molar-refractivity contribution in [1.29, 1.82) is 0 Å². The molecule has 0 heterocycles. The zero-order chi connectivity index (χ0) is 14.0. The zero-order valence-corrected chi connectivity index (χ0v) is 12.6. The van der Waals surface area contributed by atoms with Gasteiger partial charge in [-0.3, -0.25) is 0 Å². The fraction of sp³-hybridized carbons (Fsp3) is 0.294. The number of ether oxygens (including phenoxy) is 1. The van der Waals surface area contributed by atoms with E-state index in [2.05, 4.69) is 33.8 Å². The first-order chi connectivity index (χ1) is 8.97. The predicted octanol–water partition coefficient (Wildman–Crippen LogP) is 5.87. The maximum absolute atomic E-state index is 6.20. The van der Waals surface area contributed by atoms with Gasteiger partial charge < -0.3 is 4.74 Å². The minimum absolute atomic E-state index is 0.458. The Bertz CT molecular complexity index is 588. The molecule has 19 heavy (non-hydrogen) atoms. The van der Waals surface area contributed by atoms with Crippen LogP contribution < -0.4 is 4.74 Å². The maximum atomic E-state index is 6.20. The van der Waals surface area contributed by atoms with Crippen LogP contribution >= 0.6 is 11.6 Å². The smallest absolute Gasteiger partial charge is 0.146 e. The summed E-state index contributed by atoms with van der Waals surface area (Å²) in [6, 6.07) is 12.0. The standard InChI is InChI=1S/C17H19ClO/c1-11(2)14-6-8-16(18)17(10-14)19-15-7-5-12(3)13(4)9-15/h5-11H,1-4H3. The van der Waals surface area contributed by atoms with Gasteiger partial charge in [-0.2, -0.15) is 0 Å². The molecule has 0 bridgehead atoms. The molecule has 0 N–H and O–H groups in total. The fourth-order valence-corrected chi connectivity index (χ4v) is 2.02. The van der Waals surface area contributed by atoms with Crippen LogP contribution in [0.4, 0.5) is 0 Å². The second-order valence-electron chi connectivity index (χ2n) is 5.19. The highest BCUT2D eigenvalue weighted by atomic mass is 35.5. The summed E-state index contributed by atoms with van der Waals surface area (Å²) in [6.45, 7) is 8.48. The molecule has 0 spiro atoms. The Morgan fingerprint density at radius 3 is 2.32 bits per heavy atom. The molecule has 0 saturated carbocycles. The summed E-state index contributed by atoms with van der Waals surface area (Å²) < 4.78 is 5.90. The van der Waals surface area contributed by atoms with Crippen molar-refractivity contribution >= 4 is 11.6 Å². The molecule has 0 aliphatic rings. The van der Waals surface area contributed by atoms with Crippen molar-refractivity contribution in [2.24, 2.45) is 0 Å². The van der Waals surface area contributed by atoms with E-state index in [9.17, 15) is 0 Å². The molecular formula is C17H19ClO. The normalized spacial score (nSPS) is 10.8. The first-order valence-electron chi connectivity index (χ1n) is 6.52. The van der Waals surface area contributed by atoms with E-state index < -0.39 is 0 Å². The lowest BCUT2D eigenvalue weighted by Crippen LogP contribution is -1.91.